The number of carbonyl (C=O) groups excluding carboxylic acids is 1. The lowest BCUT2D eigenvalue weighted by atomic mass is 9.90. The molecule has 2 rings (SSSR count). The van der Waals surface area contributed by atoms with Crippen LogP contribution in [0.5, 0.6) is 0 Å². The first-order chi connectivity index (χ1) is 9.12. The zero-order chi connectivity index (χ0) is 13.7. The van der Waals surface area contributed by atoms with Crippen molar-refractivity contribution in [2.45, 2.75) is 37.3 Å². The van der Waals surface area contributed by atoms with Gasteiger partial charge in [-0.15, -0.1) is 0 Å². The fourth-order valence-corrected chi connectivity index (χ4v) is 2.39. The Balaban J connectivity index is 1.82. The Hall–Kier alpha value is -1.34. The molecular weight excluding hydrogens is 252 g/mol. The van der Waals surface area contributed by atoms with E-state index in [4.69, 9.17) is 9.47 Å². The van der Waals surface area contributed by atoms with Crippen LogP contribution in [0.25, 0.3) is 0 Å². The van der Waals surface area contributed by atoms with Gasteiger partial charge < -0.3 is 25.2 Å². The minimum Gasteiger partial charge on any atom is -0.480 e. The van der Waals surface area contributed by atoms with Gasteiger partial charge in [0, 0.05) is 39.2 Å². The van der Waals surface area contributed by atoms with Gasteiger partial charge >= 0.3 is 12.0 Å². The first-order valence-electron chi connectivity index (χ1n) is 6.61. The molecule has 0 bridgehead atoms. The third-order valence-corrected chi connectivity index (χ3v) is 3.62. The van der Waals surface area contributed by atoms with E-state index in [1.807, 2.05) is 0 Å². The Morgan fingerprint density at radius 2 is 2.00 bits per heavy atom. The summed E-state index contributed by atoms with van der Waals surface area (Å²) in [5, 5.41) is 14.5. The average Bonchev–Trinajstić information content (AvgIpc) is 2.90. The van der Waals surface area contributed by atoms with Crippen molar-refractivity contribution in [3.05, 3.63) is 0 Å². The number of urea groups is 1. The van der Waals surface area contributed by atoms with Gasteiger partial charge in [0.15, 0.2) is 0 Å². The lowest BCUT2D eigenvalue weighted by molar-refractivity contribution is -0.148. The third kappa shape index (κ3) is 3.57. The van der Waals surface area contributed by atoms with Crippen molar-refractivity contribution in [3.63, 3.8) is 0 Å². The fourth-order valence-electron chi connectivity index (χ4n) is 2.39. The largest absolute Gasteiger partial charge is 0.480 e. The molecule has 108 valence electrons. The van der Waals surface area contributed by atoms with Gasteiger partial charge in [-0.2, -0.15) is 0 Å². The monoisotopic (exact) mass is 272 g/mol. The molecule has 0 spiro atoms. The highest BCUT2D eigenvalue weighted by Crippen LogP contribution is 2.21. The number of rotatable bonds is 4. The van der Waals surface area contributed by atoms with E-state index in [1.165, 1.54) is 0 Å². The summed E-state index contributed by atoms with van der Waals surface area (Å²) in [5.74, 6) is -1.01. The van der Waals surface area contributed by atoms with Crippen LogP contribution in [0.15, 0.2) is 0 Å². The Labute approximate surface area is 111 Å². The number of aliphatic carboxylic acids is 1. The van der Waals surface area contributed by atoms with Gasteiger partial charge in [-0.05, 0) is 12.8 Å². The maximum Gasteiger partial charge on any atom is 0.329 e. The highest BCUT2D eigenvalue weighted by Gasteiger charge is 2.41. The Kier molecular flexibility index (Phi) is 4.60. The van der Waals surface area contributed by atoms with E-state index < -0.39 is 17.5 Å². The molecule has 2 aliphatic rings. The van der Waals surface area contributed by atoms with E-state index in [2.05, 4.69) is 10.6 Å². The molecule has 0 aromatic heterocycles. The second-order valence-corrected chi connectivity index (χ2v) is 4.97. The maximum atomic E-state index is 11.8. The first-order valence-corrected chi connectivity index (χ1v) is 6.61. The molecule has 7 heteroatoms. The number of nitrogens with one attached hydrogen (secondary N) is 2. The quantitative estimate of drug-likeness (QED) is 0.674. The molecule has 0 aliphatic carbocycles. The molecule has 19 heavy (non-hydrogen) atoms. The zero-order valence-electron chi connectivity index (χ0n) is 10.8. The number of amides is 2. The Bertz CT molecular complexity index is 335. The SMILES string of the molecule is O=C(NCC1CCCO1)NC1(C(=O)O)CCOCC1. The molecule has 0 aromatic rings. The van der Waals surface area contributed by atoms with Crippen LogP contribution in [0.3, 0.4) is 0 Å². The Morgan fingerprint density at radius 1 is 1.26 bits per heavy atom. The van der Waals surface area contributed by atoms with Gasteiger partial charge in [-0.25, -0.2) is 9.59 Å². The first kappa shape index (κ1) is 14.1. The van der Waals surface area contributed by atoms with Crippen molar-refractivity contribution in [1.29, 1.82) is 0 Å². The van der Waals surface area contributed by atoms with E-state index >= 15 is 0 Å². The second-order valence-electron chi connectivity index (χ2n) is 4.97. The van der Waals surface area contributed by atoms with E-state index in [0.717, 1.165) is 19.4 Å². The molecule has 2 amide bonds. The van der Waals surface area contributed by atoms with Crippen molar-refractivity contribution >= 4 is 12.0 Å². The van der Waals surface area contributed by atoms with Gasteiger partial charge in [0.25, 0.3) is 0 Å². The second kappa shape index (κ2) is 6.21. The summed E-state index contributed by atoms with van der Waals surface area (Å²) >= 11 is 0. The highest BCUT2D eigenvalue weighted by atomic mass is 16.5. The molecule has 2 heterocycles. The number of carbonyl (C=O) groups is 2. The van der Waals surface area contributed by atoms with Crippen molar-refractivity contribution in [3.8, 4) is 0 Å². The molecule has 0 saturated carbocycles. The van der Waals surface area contributed by atoms with Crippen LogP contribution in [0.1, 0.15) is 25.7 Å². The normalized spacial score (nSPS) is 25.8. The van der Waals surface area contributed by atoms with E-state index in [9.17, 15) is 14.7 Å². The van der Waals surface area contributed by atoms with Gasteiger partial charge in [0.2, 0.25) is 0 Å². The van der Waals surface area contributed by atoms with Gasteiger partial charge in [-0.3, -0.25) is 0 Å². The predicted octanol–water partition coefficient (Wildman–Crippen LogP) is 0.0984. The maximum absolute atomic E-state index is 11.8. The Morgan fingerprint density at radius 3 is 2.58 bits per heavy atom. The molecule has 1 atom stereocenters. The minimum atomic E-state index is -1.21. The summed E-state index contributed by atoms with van der Waals surface area (Å²) in [6.45, 7) is 1.83. The van der Waals surface area contributed by atoms with Crippen LogP contribution >= 0.6 is 0 Å². The summed E-state index contributed by atoms with van der Waals surface area (Å²) in [4.78, 5) is 23.1. The van der Waals surface area contributed by atoms with Gasteiger partial charge in [0.05, 0.1) is 6.10 Å². The predicted molar refractivity (Wildman–Crippen MR) is 65.9 cm³/mol. The standard InChI is InChI=1S/C12H20N2O5/c15-10(16)12(3-6-18-7-4-12)14-11(17)13-8-9-2-1-5-19-9/h9H,1-8H2,(H,15,16)(H2,13,14,17). The molecule has 2 fully saturated rings. The number of hydrogen-bond donors (Lipinski definition) is 3. The van der Waals surface area contributed by atoms with Crippen molar-refractivity contribution in [2.75, 3.05) is 26.4 Å². The van der Waals surface area contributed by atoms with Gasteiger partial charge in [0.1, 0.15) is 5.54 Å². The van der Waals surface area contributed by atoms with E-state index in [1.54, 1.807) is 0 Å². The van der Waals surface area contributed by atoms with Crippen LogP contribution in [-0.4, -0.2) is 55.1 Å². The number of ether oxygens (including phenoxy) is 2. The number of carboxylic acid groups (broad SMARTS) is 1. The average molecular weight is 272 g/mol. The molecule has 7 nitrogen and oxygen atoms in total. The van der Waals surface area contributed by atoms with Crippen LogP contribution in [0.4, 0.5) is 4.79 Å². The fraction of sp³-hybridized carbons (Fsp3) is 0.833. The molecule has 2 saturated heterocycles. The van der Waals surface area contributed by atoms with E-state index in [0.29, 0.717) is 19.8 Å². The highest BCUT2D eigenvalue weighted by molar-refractivity contribution is 5.86. The lowest BCUT2D eigenvalue weighted by Gasteiger charge is -2.33. The zero-order valence-corrected chi connectivity index (χ0v) is 10.8. The molecule has 1 unspecified atom stereocenters. The van der Waals surface area contributed by atoms with Crippen LogP contribution in [0, 0.1) is 0 Å². The summed E-state index contributed by atoms with van der Waals surface area (Å²) < 4.78 is 10.5. The topological polar surface area (TPSA) is 96.9 Å². The van der Waals surface area contributed by atoms with Crippen molar-refractivity contribution < 1.29 is 24.2 Å². The molecular formula is C12H20N2O5. The van der Waals surface area contributed by atoms with Crippen LogP contribution in [0.2, 0.25) is 0 Å². The number of carboxylic acids is 1. The molecule has 0 radical (unpaired) electrons. The van der Waals surface area contributed by atoms with E-state index in [-0.39, 0.29) is 18.9 Å². The lowest BCUT2D eigenvalue weighted by Crippen LogP contribution is -2.60. The summed E-state index contributed by atoms with van der Waals surface area (Å²) in [6.07, 6.45) is 2.55. The van der Waals surface area contributed by atoms with Gasteiger partial charge in [-0.1, -0.05) is 0 Å². The van der Waals surface area contributed by atoms with Crippen molar-refractivity contribution in [2.24, 2.45) is 0 Å². The summed E-state index contributed by atoms with van der Waals surface area (Å²) in [6, 6.07) is -0.459. The minimum absolute atomic E-state index is 0.0428. The number of hydrogen-bond acceptors (Lipinski definition) is 4. The van der Waals surface area contributed by atoms with Crippen molar-refractivity contribution in [1.82, 2.24) is 10.6 Å². The molecule has 0 aromatic carbocycles. The molecule has 2 aliphatic heterocycles. The third-order valence-electron chi connectivity index (χ3n) is 3.62. The van der Waals surface area contributed by atoms with Crippen LogP contribution in [-0.2, 0) is 14.3 Å². The summed E-state index contributed by atoms with van der Waals surface area (Å²) in [7, 11) is 0. The van der Waals surface area contributed by atoms with Crippen LogP contribution < -0.4 is 10.6 Å². The smallest absolute Gasteiger partial charge is 0.329 e. The molecule has 3 N–H and O–H groups in total. The summed E-state index contributed by atoms with van der Waals surface area (Å²) in [5.41, 5.74) is -1.21.